The Morgan fingerprint density at radius 3 is 2.64 bits per heavy atom. The first kappa shape index (κ1) is 21.4. The molecule has 6 N–H and O–H groups in total. The Morgan fingerprint density at radius 2 is 2.11 bits per heavy atom. The van der Waals surface area contributed by atoms with Crippen molar-refractivity contribution >= 4 is 23.7 Å². The van der Waals surface area contributed by atoms with E-state index in [-0.39, 0.29) is 12.4 Å². The number of nitrogen functional groups attached to an aromatic ring is 1. The summed E-state index contributed by atoms with van der Waals surface area (Å²) in [5, 5.41) is 18.3. The van der Waals surface area contributed by atoms with Crippen LogP contribution >= 0.6 is 0 Å². The van der Waals surface area contributed by atoms with Crippen LogP contribution in [0.15, 0.2) is 47.6 Å². The van der Waals surface area contributed by atoms with Crippen LogP contribution in [0.5, 0.6) is 0 Å². The first-order valence-corrected chi connectivity index (χ1v) is 8.59. The maximum atomic E-state index is 13.0. The molecule has 1 atom stereocenters. The third-order valence-electron chi connectivity index (χ3n) is 3.88. The van der Waals surface area contributed by atoms with Crippen molar-refractivity contribution in [3.05, 3.63) is 53.7 Å². The number of hydrogen-bond donors (Lipinski definition) is 5. The maximum absolute atomic E-state index is 13.0. The highest BCUT2D eigenvalue weighted by Crippen LogP contribution is 2.20. The number of nitrogens with two attached hydrogens (primary N) is 1. The van der Waals surface area contributed by atoms with Crippen LogP contribution in [0.4, 0.5) is 15.9 Å². The number of aliphatic hydroxyl groups excluding tert-OH is 1. The molecule has 0 radical (unpaired) electrons. The van der Waals surface area contributed by atoms with E-state index < -0.39 is 13.0 Å². The number of amidine groups is 1. The van der Waals surface area contributed by atoms with Crippen LogP contribution in [-0.2, 0) is 6.61 Å². The second-order valence-electron chi connectivity index (χ2n) is 5.79. The zero-order valence-corrected chi connectivity index (χ0v) is 15.8. The monoisotopic (exact) mass is 388 g/mol. The van der Waals surface area contributed by atoms with E-state index in [1.54, 1.807) is 56.6 Å². The molecule has 0 saturated heterocycles. The predicted octanol–water partition coefficient (Wildman–Crippen LogP) is 1.23. The molecular weight excluding hydrogens is 363 g/mol. The Kier molecular flexibility index (Phi) is 7.96. The van der Waals surface area contributed by atoms with Gasteiger partial charge in [-0.25, -0.2) is 25.2 Å². The van der Waals surface area contributed by atoms with Gasteiger partial charge in [-0.2, -0.15) is 0 Å². The summed E-state index contributed by atoms with van der Waals surface area (Å²) in [5.74, 6) is 0.621. The van der Waals surface area contributed by atoms with Crippen LogP contribution in [-0.4, -0.2) is 47.4 Å². The third-order valence-corrected chi connectivity index (χ3v) is 3.88. The number of nitrogens with one attached hydrogen (secondary N) is 3. The highest BCUT2D eigenvalue weighted by Gasteiger charge is 2.19. The molecule has 2 rings (SSSR count). The Bertz CT molecular complexity index is 794. The SMILES string of the molecule is CNN(CF)N[C@@H](C)N=C(c1cccnc1N)N(C=N)c1ccc(CO)cc1. The second kappa shape index (κ2) is 10.4. The van der Waals surface area contributed by atoms with E-state index in [1.165, 1.54) is 4.90 Å². The molecule has 0 aliphatic carbocycles. The summed E-state index contributed by atoms with van der Waals surface area (Å²) < 4.78 is 13.0. The molecule has 0 amide bonds. The molecule has 9 nitrogen and oxygen atoms in total. The fourth-order valence-corrected chi connectivity index (χ4v) is 2.48. The Hall–Kier alpha value is -2.92. The molecule has 1 aromatic carbocycles. The molecule has 1 aromatic heterocycles. The average molecular weight is 388 g/mol. The minimum absolute atomic E-state index is 0.0780. The number of aliphatic imine (C=N–C) groups is 1. The van der Waals surface area contributed by atoms with Gasteiger partial charge in [-0.3, -0.25) is 10.3 Å². The van der Waals surface area contributed by atoms with Gasteiger partial charge in [-0.15, -0.1) is 5.12 Å². The number of anilines is 2. The molecule has 10 heteroatoms. The van der Waals surface area contributed by atoms with E-state index in [0.29, 0.717) is 17.1 Å². The molecule has 2 aromatic rings. The molecule has 1 heterocycles. The summed E-state index contributed by atoms with van der Waals surface area (Å²) in [6.07, 6.45) is 2.13. The lowest BCUT2D eigenvalue weighted by Gasteiger charge is -2.26. The lowest BCUT2D eigenvalue weighted by molar-refractivity contribution is 0.0570. The number of rotatable bonds is 9. The number of benzene rings is 1. The number of hydrogen-bond acceptors (Lipinski definition) is 8. The van der Waals surface area contributed by atoms with Crippen LogP contribution in [0, 0.1) is 5.41 Å². The number of alkyl halides is 1. The summed E-state index contributed by atoms with van der Waals surface area (Å²) in [7, 11) is 1.58. The lowest BCUT2D eigenvalue weighted by atomic mass is 10.1. The topological polar surface area (TPSA) is 126 Å². The number of hydrazine groups is 2. The molecular formula is C18H25FN8O. The van der Waals surface area contributed by atoms with Gasteiger partial charge in [0.05, 0.1) is 18.5 Å². The number of halogens is 1. The van der Waals surface area contributed by atoms with Crippen molar-refractivity contribution in [3.63, 3.8) is 0 Å². The highest BCUT2D eigenvalue weighted by atomic mass is 19.1. The molecule has 0 fully saturated rings. The predicted molar refractivity (Wildman–Crippen MR) is 108 cm³/mol. The standard InChI is InChI=1S/C18H25FN8O/c1-13(25-27(11-19)22-2)24-18(16-4-3-9-23-17(16)21)26(12-20)15-7-5-14(10-28)6-8-15/h3-9,12-13,20,22,25,28H,10-11H2,1-2H3,(H2,21,23)/t13-/m0/s1. The zero-order chi connectivity index (χ0) is 20.5. The summed E-state index contributed by atoms with van der Waals surface area (Å²) in [6, 6.07) is 10.5. The van der Waals surface area contributed by atoms with Crippen molar-refractivity contribution in [3.8, 4) is 0 Å². The first-order valence-electron chi connectivity index (χ1n) is 8.59. The fourth-order valence-electron chi connectivity index (χ4n) is 2.48. The Morgan fingerprint density at radius 1 is 1.39 bits per heavy atom. The summed E-state index contributed by atoms with van der Waals surface area (Å²) in [4.78, 5) is 10.2. The maximum Gasteiger partial charge on any atom is 0.169 e. The van der Waals surface area contributed by atoms with Crippen LogP contribution in [0.3, 0.4) is 0 Å². The number of aromatic nitrogens is 1. The zero-order valence-electron chi connectivity index (χ0n) is 15.8. The van der Waals surface area contributed by atoms with Crippen molar-refractivity contribution in [1.82, 2.24) is 21.0 Å². The number of pyridine rings is 1. The molecule has 0 aliphatic rings. The van der Waals surface area contributed by atoms with Gasteiger partial charge in [-0.1, -0.05) is 12.1 Å². The van der Waals surface area contributed by atoms with Crippen molar-refractivity contribution < 1.29 is 9.50 Å². The van der Waals surface area contributed by atoms with E-state index in [1.807, 2.05) is 0 Å². The Labute approximate surface area is 163 Å². The third kappa shape index (κ3) is 5.30. The number of aliphatic hydroxyl groups is 1. The second-order valence-corrected chi connectivity index (χ2v) is 5.79. The summed E-state index contributed by atoms with van der Waals surface area (Å²) in [6.45, 7) is 0.895. The molecule has 0 unspecified atom stereocenters. The van der Waals surface area contributed by atoms with Gasteiger partial charge in [0.1, 0.15) is 17.8 Å². The minimum Gasteiger partial charge on any atom is -0.392 e. The minimum atomic E-state index is -0.766. The highest BCUT2D eigenvalue weighted by molar-refractivity contribution is 6.20. The molecule has 28 heavy (non-hydrogen) atoms. The van der Waals surface area contributed by atoms with E-state index in [9.17, 15) is 9.50 Å². The van der Waals surface area contributed by atoms with Crippen molar-refractivity contribution in [2.24, 2.45) is 4.99 Å². The van der Waals surface area contributed by atoms with Crippen LogP contribution in [0.25, 0.3) is 0 Å². The first-order chi connectivity index (χ1) is 13.5. The van der Waals surface area contributed by atoms with Gasteiger partial charge in [0.2, 0.25) is 0 Å². The smallest absolute Gasteiger partial charge is 0.169 e. The molecule has 150 valence electrons. The van der Waals surface area contributed by atoms with Gasteiger partial charge >= 0.3 is 0 Å². The van der Waals surface area contributed by atoms with Gasteiger partial charge in [0.25, 0.3) is 0 Å². The van der Waals surface area contributed by atoms with Crippen LogP contribution in [0.1, 0.15) is 18.1 Å². The van der Waals surface area contributed by atoms with Gasteiger partial charge in [0, 0.05) is 18.9 Å². The van der Waals surface area contributed by atoms with Crippen molar-refractivity contribution in [2.75, 3.05) is 24.5 Å². The van der Waals surface area contributed by atoms with Gasteiger partial charge in [0.15, 0.2) is 6.80 Å². The average Bonchev–Trinajstić information content (AvgIpc) is 2.72. The summed E-state index contributed by atoms with van der Waals surface area (Å²) in [5.41, 5.74) is 13.5. The molecule has 0 saturated carbocycles. The van der Waals surface area contributed by atoms with E-state index in [4.69, 9.17) is 11.1 Å². The molecule has 0 spiro atoms. The molecule has 0 bridgehead atoms. The van der Waals surface area contributed by atoms with Crippen LogP contribution in [0.2, 0.25) is 0 Å². The van der Waals surface area contributed by atoms with Crippen LogP contribution < -0.4 is 21.5 Å². The Balaban J connectivity index is 2.48. The summed E-state index contributed by atoms with van der Waals surface area (Å²) >= 11 is 0. The number of nitrogens with zero attached hydrogens (tertiary/aromatic N) is 4. The largest absolute Gasteiger partial charge is 0.392 e. The lowest BCUT2D eigenvalue weighted by Crippen LogP contribution is -2.49. The normalized spacial score (nSPS) is 12.8. The van der Waals surface area contributed by atoms with Gasteiger partial charge in [-0.05, 0) is 36.8 Å². The van der Waals surface area contributed by atoms with E-state index >= 15 is 0 Å². The molecule has 0 aliphatic heterocycles. The van der Waals surface area contributed by atoms with Gasteiger partial charge < -0.3 is 10.8 Å². The van der Waals surface area contributed by atoms with E-state index in [2.05, 4.69) is 20.8 Å². The van der Waals surface area contributed by atoms with E-state index in [0.717, 1.165) is 17.0 Å². The fraction of sp³-hybridized carbons (Fsp3) is 0.278. The van der Waals surface area contributed by atoms with Crippen molar-refractivity contribution in [1.29, 1.82) is 5.41 Å². The quantitative estimate of drug-likeness (QED) is 0.189. The van der Waals surface area contributed by atoms with Crippen molar-refractivity contribution in [2.45, 2.75) is 19.7 Å².